The number of nitrogens with zero attached hydrogens (tertiary/aromatic N) is 6. The molecule has 0 unspecified atom stereocenters. The Hall–Kier alpha value is -1.77. The monoisotopic (exact) mass is 346 g/mol. The van der Waals surface area contributed by atoms with Crippen LogP contribution in [-0.4, -0.2) is 50.8 Å². The molecule has 1 aliphatic heterocycles. The second kappa shape index (κ2) is 6.38. The summed E-state index contributed by atoms with van der Waals surface area (Å²) < 4.78 is 1.85. The minimum absolute atomic E-state index is 0.864. The molecule has 120 valence electrons. The van der Waals surface area contributed by atoms with Crippen molar-refractivity contribution in [3.05, 3.63) is 35.0 Å². The van der Waals surface area contributed by atoms with Gasteiger partial charge in [0.05, 0.1) is 17.1 Å². The Kier molecular flexibility index (Phi) is 4.11. The van der Waals surface area contributed by atoms with Gasteiger partial charge in [0.25, 0.3) is 0 Å². The zero-order valence-corrected chi connectivity index (χ0v) is 14.6. The summed E-state index contributed by atoms with van der Waals surface area (Å²) in [6, 6.07) is 4.20. The van der Waals surface area contributed by atoms with Crippen LogP contribution in [0.25, 0.3) is 10.6 Å². The van der Waals surface area contributed by atoms with Crippen molar-refractivity contribution in [2.24, 2.45) is 7.05 Å². The van der Waals surface area contributed by atoms with E-state index in [9.17, 15) is 0 Å². The van der Waals surface area contributed by atoms with Gasteiger partial charge in [-0.2, -0.15) is 5.10 Å². The van der Waals surface area contributed by atoms with Gasteiger partial charge in [-0.05, 0) is 11.4 Å². The van der Waals surface area contributed by atoms with E-state index in [0.717, 1.165) is 49.4 Å². The second-order valence-electron chi connectivity index (χ2n) is 5.56. The lowest BCUT2D eigenvalue weighted by Gasteiger charge is -2.34. The molecule has 1 fully saturated rings. The Labute approximate surface area is 143 Å². The minimum atomic E-state index is 0.864. The highest BCUT2D eigenvalue weighted by Crippen LogP contribution is 2.30. The van der Waals surface area contributed by atoms with Crippen molar-refractivity contribution >= 4 is 27.8 Å². The molecule has 4 rings (SSSR count). The van der Waals surface area contributed by atoms with Crippen LogP contribution in [0.4, 0.5) is 5.13 Å². The van der Waals surface area contributed by atoms with Crippen LogP contribution in [0.5, 0.6) is 0 Å². The molecular formula is C15H18N6S2. The minimum Gasteiger partial charge on any atom is -0.346 e. The number of hydrogen-bond acceptors (Lipinski definition) is 7. The highest BCUT2D eigenvalue weighted by Gasteiger charge is 2.20. The fraction of sp³-hybridized carbons (Fsp3) is 0.400. The molecule has 4 heterocycles. The van der Waals surface area contributed by atoms with Crippen LogP contribution in [0, 0.1) is 0 Å². The van der Waals surface area contributed by atoms with Gasteiger partial charge in [-0.3, -0.25) is 9.58 Å². The van der Waals surface area contributed by atoms with Gasteiger partial charge >= 0.3 is 0 Å². The molecule has 0 saturated carbocycles. The summed E-state index contributed by atoms with van der Waals surface area (Å²) in [5.74, 6) is 1.02. The molecule has 1 saturated heterocycles. The molecule has 0 atom stereocenters. The molecule has 3 aromatic rings. The fourth-order valence-electron chi connectivity index (χ4n) is 2.71. The zero-order valence-electron chi connectivity index (χ0n) is 12.9. The second-order valence-corrected chi connectivity index (χ2v) is 7.34. The Balaban J connectivity index is 1.37. The van der Waals surface area contributed by atoms with Gasteiger partial charge in [0.1, 0.15) is 12.2 Å². The van der Waals surface area contributed by atoms with Crippen molar-refractivity contribution in [2.75, 3.05) is 31.1 Å². The van der Waals surface area contributed by atoms with Crippen LogP contribution in [0.15, 0.2) is 29.2 Å². The molecule has 0 bridgehead atoms. The van der Waals surface area contributed by atoms with Gasteiger partial charge in [-0.25, -0.2) is 9.97 Å². The highest BCUT2D eigenvalue weighted by molar-refractivity contribution is 7.16. The molecule has 0 radical (unpaired) electrons. The number of thiazole rings is 1. The molecule has 0 N–H and O–H groups in total. The summed E-state index contributed by atoms with van der Waals surface area (Å²) in [5.41, 5.74) is 1.10. The molecule has 6 nitrogen and oxygen atoms in total. The van der Waals surface area contributed by atoms with E-state index >= 15 is 0 Å². The van der Waals surface area contributed by atoms with Crippen molar-refractivity contribution in [3.8, 4) is 10.6 Å². The SMILES string of the molecule is Cn1ncnc1CN1CCN(c2nc(-c3cccs3)cs2)CC1. The first-order valence-corrected chi connectivity index (χ1v) is 9.35. The average molecular weight is 346 g/mol. The normalized spacial score (nSPS) is 16.1. The number of hydrogen-bond donors (Lipinski definition) is 0. The Morgan fingerprint density at radius 3 is 2.74 bits per heavy atom. The fourth-order valence-corrected chi connectivity index (χ4v) is 4.35. The first-order valence-electron chi connectivity index (χ1n) is 7.59. The van der Waals surface area contributed by atoms with Crippen molar-refractivity contribution < 1.29 is 0 Å². The first kappa shape index (κ1) is 14.8. The van der Waals surface area contributed by atoms with Crippen LogP contribution in [0.1, 0.15) is 5.82 Å². The van der Waals surface area contributed by atoms with E-state index in [0.29, 0.717) is 0 Å². The zero-order chi connectivity index (χ0) is 15.6. The molecule has 0 aromatic carbocycles. The van der Waals surface area contributed by atoms with Gasteiger partial charge in [0.2, 0.25) is 0 Å². The largest absolute Gasteiger partial charge is 0.346 e. The Bertz CT molecular complexity index is 755. The van der Waals surface area contributed by atoms with Gasteiger partial charge < -0.3 is 4.90 Å². The van der Waals surface area contributed by atoms with Crippen molar-refractivity contribution in [1.29, 1.82) is 0 Å². The molecule has 0 spiro atoms. The molecule has 8 heteroatoms. The van der Waals surface area contributed by atoms with E-state index in [-0.39, 0.29) is 0 Å². The summed E-state index contributed by atoms with van der Waals surface area (Å²) in [6.07, 6.45) is 1.62. The summed E-state index contributed by atoms with van der Waals surface area (Å²) in [7, 11) is 1.94. The van der Waals surface area contributed by atoms with Crippen LogP contribution in [0.2, 0.25) is 0 Å². The maximum atomic E-state index is 4.80. The Morgan fingerprint density at radius 1 is 1.17 bits per heavy atom. The van der Waals surface area contributed by atoms with Gasteiger partial charge in [-0.15, -0.1) is 22.7 Å². The van der Waals surface area contributed by atoms with Crippen LogP contribution in [0.3, 0.4) is 0 Å². The van der Waals surface area contributed by atoms with Gasteiger partial charge in [0.15, 0.2) is 5.13 Å². The van der Waals surface area contributed by atoms with Crippen molar-refractivity contribution in [1.82, 2.24) is 24.6 Å². The van der Waals surface area contributed by atoms with Gasteiger partial charge in [0, 0.05) is 38.6 Å². The topological polar surface area (TPSA) is 50.1 Å². The number of rotatable bonds is 4. The number of piperazine rings is 1. The summed E-state index contributed by atoms with van der Waals surface area (Å²) in [5, 5.41) is 9.52. The van der Waals surface area contributed by atoms with Crippen LogP contribution < -0.4 is 4.90 Å². The molecule has 3 aromatic heterocycles. The Morgan fingerprint density at radius 2 is 2.04 bits per heavy atom. The number of aromatic nitrogens is 4. The predicted molar refractivity (Wildman–Crippen MR) is 93.9 cm³/mol. The van der Waals surface area contributed by atoms with E-state index in [1.165, 1.54) is 4.88 Å². The maximum absolute atomic E-state index is 4.80. The third-order valence-electron chi connectivity index (χ3n) is 4.08. The van der Waals surface area contributed by atoms with Gasteiger partial charge in [-0.1, -0.05) is 6.07 Å². The molecule has 0 aliphatic carbocycles. The maximum Gasteiger partial charge on any atom is 0.185 e. The van der Waals surface area contributed by atoms with Crippen LogP contribution in [-0.2, 0) is 13.6 Å². The van der Waals surface area contributed by atoms with E-state index < -0.39 is 0 Å². The lowest BCUT2D eigenvalue weighted by atomic mass is 10.3. The van der Waals surface area contributed by atoms with E-state index in [1.54, 1.807) is 29.0 Å². The summed E-state index contributed by atoms with van der Waals surface area (Å²) >= 11 is 3.48. The van der Waals surface area contributed by atoms with E-state index in [4.69, 9.17) is 4.98 Å². The summed E-state index contributed by atoms with van der Waals surface area (Å²) in [6.45, 7) is 4.94. The third kappa shape index (κ3) is 3.15. The quantitative estimate of drug-likeness (QED) is 0.726. The average Bonchev–Trinajstić information content (AvgIpc) is 3.30. The number of aryl methyl sites for hydroxylation is 1. The molecular weight excluding hydrogens is 328 g/mol. The van der Waals surface area contributed by atoms with Crippen molar-refractivity contribution in [3.63, 3.8) is 0 Å². The smallest absolute Gasteiger partial charge is 0.185 e. The molecule has 23 heavy (non-hydrogen) atoms. The standard InChI is InChI=1S/C15H18N6S2/c1-19-14(16-11-17-19)9-20-4-6-21(7-5-20)15-18-12(10-23-15)13-3-2-8-22-13/h2-3,8,10-11H,4-7,9H2,1H3. The van der Waals surface area contributed by atoms with Crippen LogP contribution >= 0.6 is 22.7 Å². The highest BCUT2D eigenvalue weighted by atomic mass is 32.1. The molecule has 0 amide bonds. The third-order valence-corrected chi connectivity index (χ3v) is 5.87. The molecule has 1 aliphatic rings. The lowest BCUT2D eigenvalue weighted by Crippen LogP contribution is -2.46. The summed E-state index contributed by atoms with van der Waals surface area (Å²) in [4.78, 5) is 15.2. The number of thiophene rings is 1. The van der Waals surface area contributed by atoms with Crippen molar-refractivity contribution in [2.45, 2.75) is 6.54 Å². The number of anilines is 1. The van der Waals surface area contributed by atoms with E-state index in [2.05, 4.69) is 42.8 Å². The van der Waals surface area contributed by atoms with E-state index in [1.807, 2.05) is 11.7 Å². The lowest BCUT2D eigenvalue weighted by molar-refractivity contribution is 0.241. The first-order chi connectivity index (χ1) is 11.3. The predicted octanol–water partition coefficient (Wildman–Crippen LogP) is 2.32.